The Morgan fingerprint density at radius 1 is 1.21 bits per heavy atom. The summed E-state index contributed by atoms with van der Waals surface area (Å²) in [5.41, 5.74) is 4.74. The highest BCUT2D eigenvalue weighted by Crippen LogP contribution is 2.36. The second-order valence-corrected chi connectivity index (χ2v) is 4.89. The number of benzene rings is 1. The second-order valence-electron chi connectivity index (χ2n) is 4.51. The molecular formula is C15H14ClN3. The first-order valence-electron chi connectivity index (χ1n) is 6.30. The lowest BCUT2D eigenvalue weighted by atomic mass is 10.0. The summed E-state index contributed by atoms with van der Waals surface area (Å²) in [6.07, 6.45) is 0.825. The van der Waals surface area contributed by atoms with E-state index in [0.29, 0.717) is 5.65 Å². The minimum atomic E-state index is 0.694. The number of aromatic amines is 1. The van der Waals surface area contributed by atoms with E-state index in [0.717, 1.165) is 39.3 Å². The van der Waals surface area contributed by atoms with Crippen molar-refractivity contribution in [1.82, 2.24) is 15.2 Å². The molecule has 3 nitrogen and oxygen atoms in total. The van der Waals surface area contributed by atoms with Crippen LogP contribution in [0, 0.1) is 6.92 Å². The molecule has 0 aliphatic heterocycles. The molecule has 1 aromatic carbocycles. The molecule has 1 N–H and O–H groups in total. The van der Waals surface area contributed by atoms with Gasteiger partial charge in [-0.15, -0.1) is 0 Å². The lowest BCUT2D eigenvalue weighted by Crippen LogP contribution is -1.95. The maximum Gasteiger partial charge on any atom is 0.182 e. The number of aromatic nitrogens is 3. The van der Waals surface area contributed by atoms with E-state index in [1.807, 2.05) is 25.1 Å². The molecule has 0 spiro atoms. The minimum absolute atomic E-state index is 0.694. The van der Waals surface area contributed by atoms with E-state index in [1.165, 1.54) is 0 Å². The summed E-state index contributed by atoms with van der Waals surface area (Å²) in [5, 5.41) is 8.80. The van der Waals surface area contributed by atoms with Crippen molar-refractivity contribution in [3.8, 4) is 11.1 Å². The van der Waals surface area contributed by atoms with Crippen LogP contribution in [0.2, 0.25) is 5.02 Å². The highest BCUT2D eigenvalue weighted by atomic mass is 35.5. The Morgan fingerprint density at radius 2 is 1.95 bits per heavy atom. The van der Waals surface area contributed by atoms with Crippen molar-refractivity contribution in [1.29, 1.82) is 0 Å². The quantitative estimate of drug-likeness (QED) is 0.761. The average Bonchev–Trinajstić information content (AvgIpc) is 2.81. The summed E-state index contributed by atoms with van der Waals surface area (Å²) < 4.78 is 0. The molecule has 4 heteroatoms. The molecule has 0 amide bonds. The highest BCUT2D eigenvalue weighted by Gasteiger charge is 2.17. The third-order valence-electron chi connectivity index (χ3n) is 3.29. The third-order valence-corrected chi connectivity index (χ3v) is 3.67. The predicted molar refractivity (Wildman–Crippen MR) is 78.4 cm³/mol. The van der Waals surface area contributed by atoms with E-state index in [9.17, 15) is 0 Å². The zero-order chi connectivity index (χ0) is 13.4. The molecule has 96 valence electrons. The van der Waals surface area contributed by atoms with Crippen molar-refractivity contribution in [2.75, 3.05) is 0 Å². The Morgan fingerprint density at radius 3 is 2.63 bits per heavy atom. The summed E-state index contributed by atoms with van der Waals surface area (Å²) in [5.74, 6) is 0. The predicted octanol–water partition coefficient (Wildman–Crippen LogP) is 4.15. The van der Waals surface area contributed by atoms with Crippen LogP contribution in [0.5, 0.6) is 0 Å². The minimum Gasteiger partial charge on any atom is -0.280 e. The molecule has 0 saturated heterocycles. The van der Waals surface area contributed by atoms with Crippen LogP contribution in [0.15, 0.2) is 30.3 Å². The number of nitrogens with zero attached hydrogens (tertiary/aromatic N) is 2. The second kappa shape index (κ2) is 4.67. The fraction of sp³-hybridized carbons (Fsp3) is 0.200. The van der Waals surface area contributed by atoms with Crippen LogP contribution in [-0.2, 0) is 6.42 Å². The fourth-order valence-corrected chi connectivity index (χ4v) is 2.79. The maximum absolute atomic E-state index is 6.61. The normalized spacial score (nSPS) is 11.1. The van der Waals surface area contributed by atoms with Gasteiger partial charge in [0.25, 0.3) is 0 Å². The van der Waals surface area contributed by atoms with Gasteiger partial charge in [-0.3, -0.25) is 5.10 Å². The van der Waals surface area contributed by atoms with Gasteiger partial charge in [0.05, 0.1) is 16.1 Å². The van der Waals surface area contributed by atoms with Crippen molar-refractivity contribution in [3.63, 3.8) is 0 Å². The molecule has 0 fully saturated rings. The number of fused-ring (bicyclic) bond motifs is 1. The summed E-state index contributed by atoms with van der Waals surface area (Å²) in [7, 11) is 0. The van der Waals surface area contributed by atoms with E-state index in [2.05, 4.69) is 34.2 Å². The van der Waals surface area contributed by atoms with Crippen molar-refractivity contribution in [2.24, 2.45) is 0 Å². The first kappa shape index (κ1) is 12.2. The van der Waals surface area contributed by atoms with Crippen LogP contribution in [0.25, 0.3) is 22.2 Å². The summed E-state index contributed by atoms with van der Waals surface area (Å²) in [6.45, 7) is 4.04. The summed E-state index contributed by atoms with van der Waals surface area (Å²) >= 11 is 6.61. The number of halogens is 1. The van der Waals surface area contributed by atoms with Gasteiger partial charge in [-0.2, -0.15) is 5.10 Å². The number of pyridine rings is 1. The van der Waals surface area contributed by atoms with Gasteiger partial charge in [0.15, 0.2) is 5.65 Å². The Bertz CT molecular complexity index is 732. The van der Waals surface area contributed by atoms with Crippen molar-refractivity contribution >= 4 is 22.6 Å². The number of hydrogen-bond acceptors (Lipinski definition) is 2. The van der Waals surface area contributed by atoms with Crippen molar-refractivity contribution in [2.45, 2.75) is 20.3 Å². The fourth-order valence-electron chi connectivity index (χ4n) is 2.35. The average molecular weight is 272 g/mol. The van der Waals surface area contributed by atoms with Gasteiger partial charge in [-0.25, -0.2) is 4.98 Å². The molecule has 3 rings (SSSR count). The lowest BCUT2D eigenvalue weighted by molar-refractivity contribution is 1.02. The molecule has 0 unspecified atom stereocenters. The molecule has 0 aliphatic rings. The molecule has 19 heavy (non-hydrogen) atoms. The smallest absolute Gasteiger partial charge is 0.182 e. The van der Waals surface area contributed by atoms with Crippen molar-refractivity contribution < 1.29 is 0 Å². The van der Waals surface area contributed by atoms with Gasteiger partial charge in [-0.05, 0) is 18.9 Å². The number of rotatable bonds is 2. The third kappa shape index (κ3) is 1.90. The zero-order valence-corrected chi connectivity index (χ0v) is 11.6. The Kier molecular flexibility index (Phi) is 2.99. The Hall–Kier alpha value is -1.87. The summed E-state index contributed by atoms with van der Waals surface area (Å²) in [4.78, 5) is 4.62. The highest BCUT2D eigenvalue weighted by molar-refractivity contribution is 6.38. The molecule has 3 aromatic rings. The topological polar surface area (TPSA) is 41.6 Å². The van der Waals surface area contributed by atoms with Crippen LogP contribution in [0.3, 0.4) is 0 Å². The molecule has 2 heterocycles. The Balaban J connectivity index is 2.39. The van der Waals surface area contributed by atoms with E-state index < -0.39 is 0 Å². The molecule has 0 aliphatic carbocycles. The van der Waals surface area contributed by atoms with E-state index in [1.54, 1.807) is 0 Å². The molecular weight excluding hydrogens is 258 g/mol. The van der Waals surface area contributed by atoms with Crippen LogP contribution in [0.4, 0.5) is 0 Å². The maximum atomic E-state index is 6.61. The molecule has 0 saturated carbocycles. The Labute approximate surface area is 116 Å². The SMILES string of the molecule is CCc1nc2n[nH]c(C)c2c(Cl)c1-c1ccccc1. The first-order valence-corrected chi connectivity index (χ1v) is 6.68. The van der Waals surface area contributed by atoms with Crippen LogP contribution >= 0.6 is 11.6 Å². The lowest BCUT2D eigenvalue weighted by Gasteiger charge is -2.10. The van der Waals surface area contributed by atoms with Gasteiger partial charge in [0.2, 0.25) is 0 Å². The molecule has 0 bridgehead atoms. The van der Waals surface area contributed by atoms with E-state index in [4.69, 9.17) is 11.6 Å². The van der Waals surface area contributed by atoms with Crippen molar-refractivity contribution in [3.05, 3.63) is 46.7 Å². The monoisotopic (exact) mass is 271 g/mol. The number of hydrogen-bond donors (Lipinski definition) is 1. The van der Waals surface area contributed by atoms with Gasteiger partial charge in [-0.1, -0.05) is 48.9 Å². The standard InChI is InChI=1S/C15H14ClN3/c1-3-11-13(10-7-5-4-6-8-10)14(16)12-9(2)18-19-15(12)17-11/h4-8H,3H2,1-2H3,(H,17,18,19). The van der Waals surface area contributed by atoms with Crippen LogP contribution < -0.4 is 0 Å². The van der Waals surface area contributed by atoms with E-state index >= 15 is 0 Å². The number of nitrogens with one attached hydrogen (secondary N) is 1. The largest absolute Gasteiger partial charge is 0.280 e. The van der Waals surface area contributed by atoms with Crippen LogP contribution in [0.1, 0.15) is 18.3 Å². The molecule has 2 aromatic heterocycles. The number of aryl methyl sites for hydroxylation is 2. The van der Waals surface area contributed by atoms with E-state index in [-0.39, 0.29) is 0 Å². The number of H-pyrrole nitrogens is 1. The molecule has 0 radical (unpaired) electrons. The van der Waals surface area contributed by atoms with Crippen LogP contribution in [-0.4, -0.2) is 15.2 Å². The van der Waals surface area contributed by atoms with Gasteiger partial charge < -0.3 is 0 Å². The van der Waals surface area contributed by atoms with Gasteiger partial charge in [0, 0.05) is 11.3 Å². The van der Waals surface area contributed by atoms with Gasteiger partial charge in [0.1, 0.15) is 0 Å². The van der Waals surface area contributed by atoms with Gasteiger partial charge >= 0.3 is 0 Å². The zero-order valence-electron chi connectivity index (χ0n) is 10.9. The molecule has 0 atom stereocenters. The summed E-state index contributed by atoms with van der Waals surface area (Å²) in [6, 6.07) is 10.1. The first-order chi connectivity index (χ1) is 9.22.